The SMILES string of the molecule is CC(C)(C)c1ccc(-c2cc(-c3ccc(C(C)(C)C)cc3)cc(-c3cc4c5c(c3)Oc3c(ccc6sc7c8c(ccc7c36)CCC8)B5c3cc(C(C)(C)C)ccc3O4)c2)cc1. The smallest absolute Gasteiger partial charge is 0.260 e. The first-order valence-corrected chi connectivity index (χ1v) is 23.0. The third kappa shape index (κ3) is 6.35. The van der Waals surface area contributed by atoms with Crippen LogP contribution in [-0.4, -0.2) is 6.71 Å². The minimum absolute atomic E-state index is 0.00720. The van der Waals surface area contributed by atoms with E-state index in [1.165, 1.54) is 94.0 Å². The minimum atomic E-state index is -0.0211. The highest BCUT2D eigenvalue weighted by Gasteiger charge is 2.42. The predicted molar refractivity (Wildman–Crippen MR) is 261 cm³/mol. The largest absolute Gasteiger partial charge is 0.458 e. The van der Waals surface area contributed by atoms with Crippen molar-refractivity contribution in [2.24, 2.45) is 0 Å². The first-order valence-electron chi connectivity index (χ1n) is 22.1. The number of fused-ring (bicyclic) bond motifs is 10. The van der Waals surface area contributed by atoms with Crippen LogP contribution in [0.3, 0.4) is 0 Å². The second kappa shape index (κ2) is 13.5. The van der Waals surface area contributed by atoms with Gasteiger partial charge in [0.1, 0.15) is 23.0 Å². The molecule has 11 rings (SSSR count). The van der Waals surface area contributed by atoms with Gasteiger partial charge in [-0.3, -0.25) is 0 Å². The fourth-order valence-corrected chi connectivity index (χ4v) is 11.3. The molecular weight excluding hydrogens is 760 g/mol. The molecule has 4 heteroatoms. The highest BCUT2D eigenvalue weighted by atomic mass is 32.1. The molecule has 0 amide bonds. The summed E-state index contributed by atoms with van der Waals surface area (Å²) in [6.45, 7) is 20.5. The Kier molecular flexibility index (Phi) is 8.46. The lowest BCUT2D eigenvalue weighted by Crippen LogP contribution is -2.57. The fraction of sp³-hybridized carbons (Fsp3) is 0.263. The number of hydrogen-bond acceptors (Lipinski definition) is 3. The quantitative estimate of drug-likeness (QED) is 0.165. The van der Waals surface area contributed by atoms with Gasteiger partial charge in [-0.1, -0.05) is 141 Å². The molecule has 3 aliphatic rings. The summed E-state index contributed by atoms with van der Waals surface area (Å²) in [5, 5.41) is 2.56. The summed E-state index contributed by atoms with van der Waals surface area (Å²) in [6.07, 6.45) is 3.57. The van der Waals surface area contributed by atoms with E-state index < -0.39 is 0 Å². The molecule has 0 unspecified atom stereocenters. The molecule has 0 fully saturated rings. The molecule has 0 saturated heterocycles. The highest BCUT2D eigenvalue weighted by molar-refractivity contribution is 7.26. The molecule has 2 aliphatic heterocycles. The van der Waals surface area contributed by atoms with Gasteiger partial charge >= 0.3 is 0 Å². The first kappa shape index (κ1) is 38.4. The number of ether oxygens (including phenoxy) is 2. The van der Waals surface area contributed by atoms with Crippen molar-refractivity contribution in [3.63, 3.8) is 0 Å². The van der Waals surface area contributed by atoms with E-state index in [4.69, 9.17) is 9.47 Å². The van der Waals surface area contributed by atoms with Crippen LogP contribution in [0.15, 0.2) is 121 Å². The summed E-state index contributed by atoms with van der Waals surface area (Å²) >= 11 is 1.94. The summed E-state index contributed by atoms with van der Waals surface area (Å²) in [6, 6.07) is 46.1. The van der Waals surface area contributed by atoms with E-state index in [0.29, 0.717) is 0 Å². The molecule has 1 aliphatic carbocycles. The Labute approximate surface area is 365 Å². The maximum absolute atomic E-state index is 7.34. The molecule has 61 heavy (non-hydrogen) atoms. The van der Waals surface area contributed by atoms with Gasteiger partial charge in [-0.05, 0) is 150 Å². The zero-order chi connectivity index (χ0) is 42.2. The van der Waals surface area contributed by atoms with E-state index in [1.54, 1.807) is 0 Å². The van der Waals surface area contributed by atoms with Crippen LogP contribution in [0.2, 0.25) is 0 Å². The van der Waals surface area contributed by atoms with Crippen molar-refractivity contribution < 1.29 is 9.47 Å². The molecule has 2 nitrogen and oxygen atoms in total. The van der Waals surface area contributed by atoms with Crippen LogP contribution < -0.4 is 25.9 Å². The Balaban J connectivity index is 1.12. The van der Waals surface area contributed by atoms with Gasteiger partial charge in [0.2, 0.25) is 0 Å². The lowest BCUT2D eigenvalue weighted by Gasteiger charge is -2.34. The molecule has 0 spiro atoms. The van der Waals surface area contributed by atoms with Crippen molar-refractivity contribution >= 4 is 54.6 Å². The maximum Gasteiger partial charge on any atom is 0.260 e. The average Bonchev–Trinajstić information content (AvgIpc) is 3.87. The van der Waals surface area contributed by atoms with Crippen LogP contribution >= 0.6 is 11.3 Å². The summed E-state index contributed by atoms with van der Waals surface area (Å²) in [5.74, 6) is 3.65. The summed E-state index contributed by atoms with van der Waals surface area (Å²) in [4.78, 5) is 0. The van der Waals surface area contributed by atoms with E-state index in [2.05, 4.69) is 184 Å². The van der Waals surface area contributed by atoms with E-state index in [0.717, 1.165) is 46.0 Å². The number of benzene rings is 7. The molecule has 3 heterocycles. The molecule has 1 aromatic heterocycles. The highest BCUT2D eigenvalue weighted by Crippen LogP contribution is 2.47. The zero-order valence-electron chi connectivity index (χ0n) is 37.0. The zero-order valence-corrected chi connectivity index (χ0v) is 37.8. The predicted octanol–water partition coefficient (Wildman–Crippen LogP) is 14.2. The van der Waals surface area contributed by atoms with E-state index in [-0.39, 0.29) is 23.0 Å². The number of thiophene rings is 1. The lowest BCUT2D eigenvalue weighted by atomic mass is 9.34. The Morgan fingerprint density at radius 3 is 1.64 bits per heavy atom. The van der Waals surface area contributed by atoms with Gasteiger partial charge < -0.3 is 9.47 Å². The minimum Gasteiger partial charge on any atom is -0.458 e. The molecular formula is C57H53BO2S. The molecule has 8 aromatic rings. The normalized spacial score (nSPS) is 14.3. The second-order valence-electron chi connectivity index (χ2n) is 20.9. The summed E-state index contributed by atoms with van der Waals surface area (Å²) in [7, 11) is 0. The molecule has 302 valence electrons. The lowest BCUT2D eigenvalue weighted by molar-refractivity contribution is 0.467. The molecule has 7 aromatic carbocycles. The number of rotatable bonds is 3. The van der Waals surface area contributed by atoms with Gasteiger partial charge in [0.05, 0.1) is 0 Å². The monoisotopic (exact) mass is 812 g/mol. The van der Waals surface area contributed by atoms with Crippen LogP contribution in [0, 0.1) is 0 Å². The molecule has 0 radical (unpaired) electrons. The van der Waals surface area contributed by atoms with Crippen LogP contribution in [0.4, 0.5) is 0 Å². The summed E-state index contributed by atoms with van der Waals surface area (Å²) in [5.41, 5.74) is 17.7. The van der Waals surface area contributed by atoms with Gasteiger partial charge in [0.15, 0.2) is 0 Å². The third-order valence-electron chi connectivity index (χ3n) is 13.6. The topological polar surface area (TPSA) is 18.5 Å². The first-order chi connectivity index (χ1) is 29.1. The molecule has 0 saturated carbocycles. The van der Waals surface area contributed by atoms with Crippen LogP contribution in [0.1, 0.15) is 96.6 Å². The van der Waals surface area contributed by atoms with Gasteiger partial charge in [-0.25, -0.2) is 0 Å². The average molecular weight is 813 g/mol. The van der Waals surface area contributed by atoms with Crippen LogP contribution in [0.25, 0.3) is 53.6 Å². The van der Waals surface area contributed by atoms with Crippen molar-refractivity contribution in [1.82, 2.24) is 0 Å². The van der Waals surface area contributed by atoms with E-state index in [9.17, 15) is 0 Å². The van der Waals surface area contributed by atoms with Crippen molar-refractivity contribution in [1.29, 1.82) is 0 Å². The van der Waals surface area contributed by atoms with Gasteiger partial charge in [0, 0.05) is 25.6 Å². The number of aryl methyl sites for hydroxylation is 2. The standard InChI is InChI=1S/C57H53BO2S/c1-55(2,3)40-18-13-33(14-19-40)36-27-37(34-15-20-41(21-16-34)56(4,5)6)29-38(28-36)39-30-48-52-49(31-39)60-53-45(58(52)46-32-42(57(7,8)9)22-25-47(46)59-48)24-26-50-51(53)44-23-17-35-11-10-12-43(35)54(44)61-50/h13-32H,10-12H2,1-9H3. The van der Waals surface area contributed by atoms with Crippen LogP contribution in [0.5, 0.6) is 23.0 Å². The fourth-order valence-electron chi connectivity index (χ4n) is 10.0. The molecule has 0 N–H and O–H groups in total. The van der Waals surface area contributed by atoms with Crippen molar-refractivity contribution in [3.05, 3.63) is 149 Å². The third-order valence-corrected chi connectivity index (χ3v) is 14.8. The number of hydrogen-bond donors (Lipinski definition) is 0. The van der Waals surface area contributed by atoms with Crippen molar-refractivity contribution in [2.45, 2.75) is 97.8 Å². The van der Waals surface area contributed by atoms with Gasteiger partial charge in [0.25, 0.3) is 6.71 Å². The van der Waals surface area contributed by atoms with Crippen molar-refractivity contribution in [3.8, 4) is 56.4 Å². The second-order valence-corrected chi connectivity index (χ2v) is 21.9. The van der Waals surface area contributed by atoms with Crippen LogP contribution in [-0.2, 0) is 29.1 Å². The Morgan fingerprint density at radius 2 is 1.03 bits per heavy atom. The van der Waals surface area contributed by atoms with Gasteiger partial charge in [-0.15, -0.1) is 11.3 Å². The molecule has 0 bridgehead atoms. The Morgan fingerprint density at radius 1 is 0.475 bits per heavy atom. The summed E-state index contributed by atoms with van der Waals surface area (Å²) < 4.78 is 17.1. The molecule has 0 atom stereocenters. The Hall–Kier alpha value is -5.58. The Bertz CT molecular complexity index is 3020. The van der Waals surface area contributed by atoms with Gasteiger partial charge in [-0.2, -0.15) is 0 Å². The maximum atomic E-state index is 7.34. The van der Waals surface area contributed by atoms with E-state index >= 15 is 0 Å². The van der Waals surface area contributed by atoms with E-state index in [1.807, 2.05) is 11.3 Å². The van der Waals surface area contributed by atoms with Crippen molar-refractivity contribution in [2.75, 3.05) is 0 Å².